The van der Waals surface area contributed by atoms with Crippen LogP contribution >= 0.6 is 23.2 Å². The van der Waals surface area contributed by atoms with Crippen molar-refractivity contribution in [3.8, 4) is 5.75 Å². The van der Waals surface area contributed by atoms with E-state index in [0.717, 1.165) is 6.07 Å². The van der Waals surface area contributed by atoms with Crippen molar-refractivity contribution < 1.29 is 34.7 Å². The maximum Gasteiger partial charge on any atom is 0.163 e. The first-order valence-corrected chi connectivity index (χ1v) is 10.2. The molecule has 0 amide bonds. The van der Waals surface area contributed by atoms with Crippen LogP contribution in [0.2, 0.25) is 10.0 Å². The highest BCUT2D eigenvalue weighted by molar-refractivity contribution is 6.38. The van der Waals surface area contributed by atoms with E-state index in [0.29, 0.717) is 32.1 Å². The van der Waals surface area contributed by atoms with Crippen LogP contribution in [0.1, 0.15) is 17.4 Å². The minimum absolute atomic E-state index is 0.106. The number of aromatic nitrogens is 1. The van der Waals surface area contributed by atoms with Crippen LogP contribution in [0.15, 0.2) is 36.5 Å². The Morgan fingerprint density at radius 2 is 1.74 bits per heavy atom. The molecule has 0 radical (unpaired) electrons. The molecule has 1 aliphatic heterocycles. The van der Waals surface area contributed by atoms with Crippen molar-refractivity contribution in [2.24, 2.45) is 0 Å². The second kappa shape index (κ2) is 8.55. The summed E-state index contributed by atoms with van der Waals surface area (Å²) in [5.41, 5.74) is 1.34. The summed E-state index contributed by atoms with van der Waals surface area (Å²) in [6.45, 7) is -0.576. The molecule has 2 aromatic carbocycles. The molecule has 3 aromatic rings. The maximum absolute atomic E-state index is 14.3. The summed E-state index contributed by atoms with van der Waals surface area (Å²) in [5.74, 6) is -0.798. The van der Waals surface area contributed by atoms with Gasteiger partial charge >= 0.3 is 0 Å². The summed E-state index contributed by atoms with van der Waals surface area (Å²) in [7, 11) is 0. The summed E-state index contributed by atoms with van der Waals surface area (Å²) in [4.78, 5) is 0. The van der Waals surface area contributed by atoms with E-state index in [1.165, 1.54) is 22.8 Å². The Balaban J connectivity index is 1.84. The zero-order chi connectivity index (χ0) is 22.4. The number of rotatable bonds is 4. The molecule has 5 N–H and O–H groups in total. The van der Waals surface area contributed by atoms with E-state index in [4.69, 9.17) is 27.9 Å². The lowest BCUT2D eigenvalue weighted by Gasteiger charge is -2.40. The molecule has 1 aromatic heterocycles. The predicted molar refractivity (Wildman–Crippen MR) is 112 cm³/mol. The number of phenols is 1. The quantitative estimate of drug-likeness (QED) is 0.398. The lowest BCUT2D eigenvalue weighted by molar-refractivity contribution is -0.250. The number of benzene rings is 2. The highest BCUT2D eigenvalue weighted by atomic mass is 35.5. The van der Waals surface area contributed by atoms with Gasteiger partial charge in [-0.05, 0) is 29.3 Å². The summed E-state index contributed by atoms with van der Waals surface area (Å²) in [6, 6.07) is 6.93. The van der Waals surface area contributed by atoms with E-state index < -0.39 is 43.1 Å². The summed E-state index contributed by atoms with van der Waals surface area (Å²) in [5, 5.41) is 50.9. The molecule has 0 saturated carbocycles. The van der Waals surface area contributed by atoms with Crippen molar-refractivity contribution >= 4 is 34.1 Å². The standard InChI is InChI=1S/C21H20Cl2FNO6/c22-11-4-13(23)17-10(3-9-1-2-12(27)6-14(9)24)7-25(15(17)5-11)21-20(30)19(29)18(28)16(8-26)31-21/h1-2,4-7,16,18-21,26-30H,3,8H2/t16-,18-,19+,20-,21-/m1/s1. The van der Waals surface area contributed by atoms with Gasteiger partial charge in [0.25, 0.3) is 0 Å². The third-order valence-electron chi connectivity index (χ3n) is 5.49. The van der Waals surface area contributed by atoms with E-state index in [9.17, 15) is 29.9 Å². The topological polar surface area (TPSA) is 115 Å². The lowest BCUT2D eigenvalue weighted by Crippen LogP contribution is -2.56. The number of hydrogen-bond donors (Lipinski definition) is 5. The number of aliphatic hydroxyl groups excluding tert-OH is 4. The van der Waals surface area contributed by atoms with Crippen molar-refractivity contribution in [2.75, 3.05) is 6.61 Å². The van der Waals surface area contributed by atoms with Gasteiger partial charge in [0.05, 0.1) is 17.1 Å². The van der Waals surface area contributed by atoms with E-state index in [2.05, 4.69) is 0 Å². The zero-order valence-electron chi connectivity index (χ0n) is 16.0. The number of fused-ring (bicyclic) bond motifs is 1. The molecule has 1 saturated heterocycles. The molecular formula is C21H20Cl2FNO6. The average Bonchev–Trinajstić information content (AvgIpc) is 3.07. The smallest absolute Gasteiger partial charge is 0.163 e. The Morgan fingerprint density at radius 3 is 2.42 bits per heavy atom. The van der Waals surface area contributed by atoms with Crippen LogP contribution in [0, 0.1) is 5.82 Å². The predicted octanol–water partition coefficient (Wildman–Crippen LogP) is 2.36. The fraction of sp³-hybridized carbons (Fsp3) is 0.333. The van der Waals surface area contributed by atoms with Gasteiger partial charge in [-0.25, -0.2) is 4.39 Å². The molecule has 7 nitrogen and oxygen atoms in total. The molecule has 1 fully saturated rings. The Hall–Kier alpha value is -1.91. The first kappa shape index (κ1) is 22.3. The van der Waals surface area contributed by atoms with Gasteiger partial charge in [-0.15, -0.1) is 0 Å². The van der Waals surface area contributed by atoms with Crippen molar-refractivity contribution in [3.63, 3.8) is 0 Å². The van der Waals surface area contributed by atoms with E-state index in [1.54, 1.807) is 12.3 Å². The Labute approximate surface area is 186 Å². The summed E-state index contributed by atoms with van der Waals surface area (Å²) >= 11 is 12.6. The van der Waals surface area contributed by atoms with E-state index in [-0.39, 0.29) is 12.2 Å². The molecule has 0 bridgehead atoms. The monoisotopic (exact) mass is 471 g/mol. The molecular weight excluding hydrogens is 452 g/mol. The SMILES string of the molecule is OC[C@H]1O[C@@H](n2cc(Cc3ccc(O)cc3F)c3c(Cl)cc(Cl)cc32)[C@H](O)[C@@H](O)[C@@H]1O. The van der Waals surface area contributed by atoms with Gasteiger partial charge in [0, 0.05) is 29.1 Å². The minimum Gasteiger partial charge on any atom is -0.508 e. The minimum atomic E-state index is -1.57. The van der Waals surface area contributed by atoms with Crippen LogP contribution < -0.4 is 0 Å². The molecule has 0 unspecified atom stereocenters. The Morgan fingerprint density at radius 1 is 1.00 bits per heavy atom. The molecule has 10 heteroatoms. The van der Waals surface area contributed by atoms with Gasteiger partial charge in [0.2, 0.25) is 0 Å². The molecule has 2 heterocycles. The highest BCUT2D eigenvalue weighted by Crippen LogP contribution is 2.38. The van der Waals surface area contributed by atoms with Crippen LogP contribution in [-0.2, 0) is 11.2 Å². The Bertz CT molecular complexity index is 1120. The largest absolute Gasteiger partial charge is 0.508 e. The number of halogens is 3. The Kier molecular flexibility index (Phi) is 6.15. The first-order valence-electron chi connectivity index (χ1n) is 9.47. The number of hydrogen-bond acceptors (Lipinski definition) is 6. The normalized spacial score (nSPS) is 26.5. The molecule has 5 atom stereocenters. The van der Waals surface area contributed by atoms with Crippen LogP contribution in [0.5, 0.6) is 5.75 Å². The van der Waals surface area contributed by atoms with Crippen LogP contribution in [-0.4, -0.2) is 61.1 Å². The van der Waals surface area contributed by atoms with Crippen molar-refractivity contribution in [1.82, 2.24) is 4.57 Å². The number of aromatic hydroxyl groups is 1. The van der Waals surface area contributed by atoms with Crippen LogP contribution in [0.3, 0.4) is 0 Å². The lowest BCUT2D eigenvalue weighted by atomic mass is 9.98. The van der Waals surface area contributed by atoms with Crippen LogP contribution in [0.25, 0.3) is 10.9 Å². The summed E-state index contributed by atoms with van der Waals surface area (Å²) < 4.78 is 21.5. The number of ether oxygens (including phenoxy) is 1. The number of nitrogens with zero attached hydrogens (tertiary/aromatic N) is 1. The van der Waals surface area contributed by atoms with Gasteiger partial charge in [-0.1, -0.05) is 29.3 Å². The van der Waals surface area contributed by atoms with Gasteiger partial charge < -0.3 is 34.8 Å². The number of aliphatic hydroxyl groups is 4. The molecule has 31 heavy (non-hydrogen) atoms. The molecule has 0 spiro atoms. The van der Waals surface area contributed by atoms with Crippen molar-refractivity contribution in [2.45, 2.75) is 37.1 Å². The molecule has 4 rings (SSSR count). The second-order valence-electron chi connectivity index (χ2n) is 7.52. The highest BCUT2D eigenvalue weighted by Gasteiger charge is 2.44. The van der Waals surface area contributed by atoms with Gasteiger partial charge in [0.1, 0.15) is 36.0 Å². The fourth-order valence-corrected chi connectivity index (χ4v) is 4.53. The summed E-state index contributed by atoms with van der Waals surface area (Å²) in [6.07, 6.45) is -5.18. The average molecular weight is 472 g/mol. The number of phenolic OH excluding ortho intramolecular Hbond substituents is 1. The molecule has 166 valence electrons. The molecule has 1 aliphatic rings. The zero-order valence-corrected chi connectivity index (χ0v) is 17.5. The van der Waals surface area contributed by atoms with E-state index in [1.807, 2.05) is 0 Å². The first-order chi connectivity index (χ1) is 14.7. The third-order valence-corrected chi connectivity index (χ3v) is 6.00. The van der Waals surface area contributed by atoms with Gasteiger partial charge in [-0.3, -0.25) is 0 Å². The maximum atomic E-state index is 14.3. The van der Waals surface area contributed by atoms with Gasteiger partial charge in [-0.2, -0.15) is 0 Å². The second-order valence-corrected chi connectivity index (χ2v) is 8.36. The third kappa shape index (κ3) is 4.01. The van der Waals surface area contributed by atoms with Gasteiger partial charge in [0.15, 0.2) is 6.23 Å². The molecule has 0 aliphatic carbocycles. The fourth-order valence-electron chi connectivity index (χ4n) is 3.92. The van der Waals surface area contributed by atoms with E-state index >= 15 is 0 Å². The van der Waals surface area contributed by atoms with Crippen LogP contribution in [0.4, 0.5) is 4.39 Å². The van der Waals surface area contributed by atoms with Crippen molar-refractivity contribution in [3.05, 3.63) is 63.5 Å². The van der Waals surface area contributed by atoms with Crippen molar-refractivity contribution in [1.29, 1.82) is 0 Å².